The SMILES string of the molecule is O=C(Nc1nnc(C2CC2)s1)N1CCC(CCc2ccccc2)CC1. The summed E-state index contributed by atoms with van der Waals surface area (Å²) >= 11 is 1.52. The number of piperidine rings is 1. The van der Waals surface area contributed by atoms with Crippen molar-refractivity contribution in [3.05, 3.63) is 40.9 Å². The van der Waals surface area contributed by atoms with Gasteiger partial charge >= 0.3 is 6.03 Å². The fourth-order valence-electron chi connectivity index (χ4n) is 3.39. The Labute approximate surface area is 152 Å². The maximum absolute atomic E-state index is 12.4. The third-order valence-electron chi connectivity index (χ3n) is 5.17. The minimum absolute atomic E-state index is 0.0278. The minimum Gasteiger partial charge on any atom is -0.324 e. The zero-order valence-corrected chi connectivity index (χ0v) is 15.2. The second-order valence-corrected chi connectivity index (χ2v) is 8.11. The maximum Gasteiger partial charge on any atom is 0.323 e. The molecule has 25 heavy (non-hydrogen) atoms. The van der Waals surface area contributed by atoms with Crippen LogP contribution < -0.4 is 5.32 Å². The average molecular weight is 356 g/mol. The summed E-state index contributed by atoms with van der Waals surface area (Å²) in [6.07, 6.45) is 6.93. The molecule has 1 N–H and O–H groups in total. The summed E-state index contributed by atoms with van der Waals surface area (Å²) in [4.78, 5) is 14.3. The molecule has 132 valence electrons. The van der Waals surface area contributed by atoms with Crippen LogP contribution in [0.25, 0.3) is 0 Å². The highest BCUT2D eigenvalue weighted by Gasteiger charge is 2.28. The van der Waals surface area contributed by atoms with Crippen LogP contribution in [0.2, 0.25) is 0 Å². The molecule has 5 nitrogen and oxygen atoms in total. The van der Waals surface area contributed by atoms with Crippen molar-refractivity contribution < 1.29 is 4.79 Å². The first-order valence-corrected chi connectivity index (χ1v) is 10.0. The van der Waals surface area contributed by atoms with Gasteiger partial charge in [-0.05, 0) is 50.0 Å². The van der Waals surface area contributed by atoms with Crippen LogP contribution in [-0.2, 0) is 6.42 Å². The summed E-state index contributed by atoms with van der Waals surface area (Å²) in [6, 6.07) is 10.6. The molecule has 1 aromatic heterocycles. The number of aromatic nitrogens is 2. The lowest BCUT2D eigenvalue weighted by molar-refractivity contribution is 0.180. The summed E-state index contributed by atoms with van der Waals surface area (Å²) in [5, 5.41) is 12.9. The van der Waals surface area contributed by atoms with E-state index in [0.29, 0.717) is 17.0 Å². The lowest BCUT2D eigenvalue weighted by Crippen LogP contribution is -2.41. The van der Waals surface area contributed by atoms with Crippen LogP contribution in [0.15, 0.2) is 30.3 Å². The Bertz CT molecular complexity index is 705. The number of benzene rings is 1. The third-order valence-corrected chi connectivity index (χ3v) is 6.17. The number of urea groups is 1. The fraction of sp³-hybridized carbons (Fsp3) is 0.526. The van der Waals surface area contributed by atoms with Crippen molar-refractivity contribution in [2.24, 2.45) is 5.92 Å². The second kappa shape index (κ2) is 7.52. The molecular weight excluding hydrogens is 332 g/mol. The number of carbonyl (C=O) groups excluding carboxylic acids is 1. The Morgan fingerprint density at radius 3 is 2.60 bits per heavy atom. The van der Waals surface area contributed by atoms with Crippen LogP contribution in [-0.4, -0.2) is 34.2 Å². The minimum atomic E-state index is -0.0278. The highest BCUT2D eigenvalue weighted by Crippen LogP contribution is 2.42. The number of hydrogen-bond donors (Lipinski definition) is 1. The van der Waals surface area contributed by atoms with Crippen LogP contribution >= 0.6 is 11.3 Å². The average Bonchev–Trinajstić information content (AvgIpc) is 3.41. The van der Waals surface area contributed by atoms with Gasteiger partial charge in [-0.2, -0.15) is 0 Å². The Kier molecular flexibility index (Phi) is 4.97. The molecule has 6 heteroatoms. The summed E-state index contributed by atoms with van der Waals surface area (Å²) in [5.74, 6) is 1.30. The standard InChI is InChI=1S/C19H24N4OS/c24-19(20-18-22-21-17(25-18)16-8-9-16)23-12-10-15(11-13-23)7-6-14-4-2-1-3-5-14/h1-5,15-16H,6-13H2,(H,20,22,24). The third kappa shape index (κ3) is 4.37. The van der Waals surface area contributed by atoms with Gasteiger partial charge in [-0.1, -0.05) is 41.7 Å². The second-order valence-electron chi connectivity index (χ2n) is 7.10. The highest BCUT2D eigenvalue weighted by atomic mass is 32.1. The molecule has 2 amide bonds. The largest absolute Gasteiger partial charge is 0.324 e. The smallest absolute Gasteiger partial charge is 0.323 e. The van der Waals surface area contributed by atoms with Gasteiger partial charge in [-0.15, -0.1) is 10.2 Å². The molecule has 2 heterocycles. The Hall–Kier alpha value is -1.95. The van der Waals surface area contributed by atoms with E-state index in [1.807, 2.05) is 4.90 Å². The molecule has 0 bridgehead atoms. The molecule has 4 rings (SSSR count). The first kappa shape index (κ1) is 16.5. The Morgan fingerprint density at radius 2 is 1.88 bits per heavy atom. The van der Waals surface area contributed by atoms with Gasteiger partial charge in [0.05, 0.1) is 0 Å². The fourth-order valence-corrected chi connectivity index (χ4v) is 4.29. The first-order valence-electron chi connectivity index (χ1n) is 9.21. The number of nitrogens with zero attached hydrogens (tertiary/aromatic N) is 3. The quantitative estimate of drug-likeness (QED) is 0.869. The number of nitrogens with one attached hydrogen (secondary N) is 1. The van der Waals surface area contributed by atoms with E-state index < -0.39 is 0 Å². The number of carbonyl (C=O) groups is 1. The molecule has 2 aromatic rings. The molecule has 1 aliphatic heterocycles. The van der Waals surface area contributed by atoms with Crippen molar-refractivity contribution in [2.75, 3.05) is 18.4 Å². The van der Waals surface area contributed by atoms with Gasteiger partial charge in [0.2, 0.25) is 5.13 Å². The lowest BCUT2D eigenvalue weighted by Gasteiger charge is -2.31. The number of anilines is 1. The van der Waals surface area contributed by atoms with Crippen molar-refractivity contribution in [3.63, 3.8) is 0 Å². The number of aryl methyl sites for hydroxylation is 1. The molecule has 0 unspecified atom stereocenters. The van der Waals surface area contributed by atoms with Crippen molar-refractivity contribution in [1.29, 1.82) is 0 Å². The van der Waals surface area contributed by atoms with Crippen molar-refractivity contribution in [1.82, 2.24) is 15.1 Å². The molecule has 0 atom stereocenters. The van der Waals surface area contributed by atoms with Gasteiger partial charge in [0.15, 0.2) is 0 Å². The predicted molar refractivity (Wildman–Crippen MR) is 100.0 cm³/mol. The van der Waals surface area contributed by atoms with Gasteiger partial charge < -0.3 is 4.90 Å². The van der Waals surface area contributed by atoms with Crippen LogP contribution in [0.1, 0.15) is 48.6 Å². The molecule has 1 saturated heterocycles. The van der Waals surface area contributed by atoms with E-state index in [4.69, 9.17) is 0 Å². The number of rotatable bonds is 5. The molecule has 0 spiro atoms. The van der Waals surface area contributed by atoms with E-state index in [-0.39, 0.29) is 6.03 Å². The molecule has 1 saturated carbocycles. The number of hydrogen-bond acceptors (Lipinski definition) is 4. The van der Waals surface area contributed by atoms with Crippen molar-refractivity contribution in [2.45, 2.75) is 44.4 Å². The van der Waals surface area contributed by atoms with E-state index in [1.165, 1.54) is 36.2 Å². The van der Waals surface area contributed by atoms with Gasteiger partial charge in [0, 0.05) is 19.0 Å². The van der Waals surface area contributed by atoms with Crippen LogP contribution in [0, 0.1) is 5.92 Å². The zero-order valence-electron chi connectivity index (χ0n) is 14.4. The lowest BCUT2D eigenvalue weighted by atomic mass is 9.91. The highest BCUT2D eigenvalue weighted by molar-refractivity contribution is 7.15. The monoisotopic (exact) mass is 356 g/mol. The molecular formula is C19H24N4OS. The Balaban J connectivity index is 1.21. The van der Waals surface area contributed by atoms with Gasteiger partial charge in [0.25, 0.3) is 0 Å². The molecule has 0 radical (unpaired) electrons. The summed E-state index contributed by atoms with van der Waals surface area (Å²) in [5.41, 5.74) is 1.41. The molecule has 1 aromatic carbocycles. The zero-order chi connectivity index (χ0) is 17.1. The normalized spacial score (nSPS) is 18.3. The van der Waals surface area contributed by atoms with E-state index in [0.717, 1.165) is 37.4 Å². The van der Waals surface area contributed by atoms with Crippen LogP contribution in [0.5, 0.6) is 0 Å². The molecule has 2 aliphatic rings. The number of amides is 2. The summed E-state index contributed by atoms with van der Waals surface area (Å²) < 4.78 is 0. The van der Waals surface area contributed by atoms with E-state index in [9.17, 15) is 4.79 Å². The van der Waals surface area contributed by atoms with E-state index in [2.05, 4.69) is 45.8 Å². The molecule has 1 aliphatic carbocycles. The van der Waals surface area contributed by atoms with Gasteiger partial charge in [-0.25, -0.2) is 4.79 Å². The summed E-state index contributed by atoms with van der Waals surface area (Å²) in [7, 11) is 0. The van der Waals surface area contributed by atoms with E-state index >= 15 is 0 Å². The molecule has 2 fully saturated rings. The van der Waals surface area contributed by atoms with E-state index in [1.54, 1.807) is 0 Å². The summed E-state index contributed by atoms with van der Waals surface area (Å²) in [6.45, 7) is 1.67. The van der Waals surface area contributed by atoms with Crippen LogP contribution in [0.3, 0.4) is 0 Å². The van der Waals surface area contributed by atoms with Crippen LogP contribution in [0.4, 0.5) is 9.93 Å². The topological polar surface area (TPSA) is 58.1 Å². The first-order chi connectivity index (χ1) is 12.3. The predicted octanol–water partition coefficient (Wildman–Crippen LogP) is 4.29. The van der Waals surface area contributed by atoms with Crippen molar-refractivity contribution >= 4 is 22.5 Å². The number of likely N-dealkylation sites (tertiary alicyclic amines) is 1. The van der Waals surface area contributed by atoms with Gasteiger partial charge in [0.1, 0.15) is 5.01 Å². The Morgan fingerprint density at radius 1 is 1.12 bits per heavy atom. The maximum atomic E-state index is 12.4. The van der Waals surface area contributed by atoms with Crippen molar-refractivity contribution in [3.8, 4) is 0 Å². The van der Waals surface area contributed by atoms with Gasteiger partial charge in [-0.3, -0.25) is 5.32 Å².